The minimum Gasteiger partial charge on any atom is -0.402 e. The summed E-state index contributed by atoms with van der Waals surface area (Å²) in [6.45, 7) is 14.9. The lowest BCUT2D eigenvalue weighted by Gasteiger charge is -2.14. The molecule has 0 fully saturated rings. The summed E-state index contributed by atoms with van der Waals surface area (Å²) >= 11 is 0. The monoisotopic (exact) mass is 416 g/mol. The minimum atomic E-state index is 0.191. The molecular weight excluding hydrogens is 376 g/mol. The van der Waals surface area contributed by atoms with Gasteiger partial charge in [0.25, 0.3) is 0 Å². The Morgan fingerprint density at radius 2 is 2.00 bits per heavy atom. The number of aliphatic imine (C=N–C) groups is 1. The Morgan fingerprint density at radius 3 is 2.71 bits per heavy atom. The lowest BCUT2D eigenvalue weighted by molar-refractivity contribution is 0.676. The van der Waals surface area contributed by atoms with E-state index in [1.807, 2.05) is 19.9 Å². The number of nitrogens with zero attached hydrogens (tertiary/aromatic N) is 1. The van der Waals surface area contributed by atoms with Gasteiger partial charge in [-0.1, -0.05) is 79.0 Å². The summed E-state index contributed by atoms with van der Waals surface area (Å²) in [6.07, 6.45) is 29.7. The first-order valence-corrected chi connectivity index (χ1v) is 11.2. The Labute approximate surface area is 190 Å². The maximum atomic E-state index is 6.52. The predicted molar refractivity (Wildman–Crippen MR) is 140 cm³/mol. The van der Waals surface area contributed by atoms with Crippen LogP contribution in [0.3, 0.4) is 0 Å². The fourth-order valence-electron chi connectivity index (χ4n) is 3.10. The van der Waals surface area contributed by atoms with E-state index >= 15 is 0 Å². The molecule has 0 spiro atoms. The van der Waals surface area contributed by atoms with Crippen LogP contribution < -0.4 is 5.73 Å². The van der Waals surface area contributed by atoms with Crippen molar-refractivity contribution in [2.45, 2.75) is 52.9 Å². The van der Waals surface area contributed by atoms with Gasteiger partial charge in [-0.2, -0.15) is 0 Å². The van der Waals surface area contributed by atoms with Crippen molar-refractivity contribution in [1.29, 1.82) is 0 Å². The first-order valence-electron chi connectivity index (χ1n) is 11.2. The maximum absolute atomic E-state index is 6.52. The largest absolute Gasteiger partial charge is 0.402 e. The molecule has 0 aromatic carbocycles. The Balaban J connectivity index is 3.10. The molecule has 2 N–H and O–H groups in total. The lowest BCUT2D eigenvalue weighted by atomic mass is 9.96. The fourth-order valence-corrected chi connectivity index (χ4v) is 3.10. The molecule has 2 nitrogen and oxygen atoms in total. The summed E-state index contributed by atoms with van der Waals surface area (Å²) in [5.74, 6) is 0.191. The van der Waals surface area contributed by atoms with Crippen molar-refractivity contribution in [1.82, 2.24) is 0 Å². The van der Waals surface area contributed by atoms with E-state index in [2.05, 4.69) is 86.9 Å². The van der Waals surface area contributed by atoms with Crippen LogP contribution in [0.2, 0.25) is 0 Å². The molecule has 1 aliphatic carbocycles. The van der Waals surface area contributed by atoms with Gasteiger partial charge < -0.3 is 5.73 Å². The zero-order valence-electron chi connectivity index (χ0n) is 19.7. The van der Waals surface area contributed by atoms with Crippen molar-refractivity contribution in [3.63, 3.8) is 0 Å². The first kappa shape index (κ1) is 26.2. The van der Waals surface area contributed by atoms with Crippen LogP contribution in [0, 0.1) is 5.92 Å². The Kier molecular flexibility index (Phi) is 13.4. The molecule has 0 bridgehead atoms. The van der Waals surface area contributed by atoms with Crippen LogP contribution in [-0.4, -0.2) is 12.3 Å². The molecule has 2 heteroatoms. The number of hydrogen-bond donors (Lipinski definition) is 1. The van der Waals surface area contributed by atoms with E-state index in [1.165, 1.54) is 11.1 Å². The van der Waals surface area contributed by atoms with Crippen molar-refractivity contribution in [3.8, 4) is 0 Å². The van der Waals surface area contributed by atoms with Crippen LogP contribution in [0.4, 0.5) is 0 Å². The molecule has 1 rings (SSSR count). The normalized spacial score (nSPS) is 20.7. The van der Waals surface area contributed by atoms with Crippen molar-refractivity contribution >= 4 is 5.71 Å². The van der Waals surface area contributed by atoms with Gasteiger partial charge in [0.05, 0.1) is 6.54 Å². The molecule has 0 amide bonds. The van der Waals surface area contributed by atoms with E-state index in [0.29, 0.717) is 13.0 Å². The van der Waals surface area contributed by atoms with Crippen LogP contribution in [-0.2, 0) is 0 Å². The average molecular weight is 417 g/mol. The second-order valence-electron chi connectivity index (χ2n) is 7.81. The molecule has 1 aliphatic rings. The average Bonchev–Trinajstić information content (AvgIpc) is 2.73. The van der Waals surface area contributed by atoms with Crippen LogP contribution in [0.1, 0.15) is 52.9 Å². The molecule has 0 saturated heterocycles. The van der Waals surface area contributed by atoms with Crippen molar-refractivity contribution < 1.29 is 0 Å². The van der Waals surface area contributed by atoms with Crippen molar-refractivity contribution in [3.05, 3.63) is 108 Å². The molecule has 0 radical (unpaired) electrons. The smallest absolute Gasteiger partial charge is 0.0606 e. The molecular formula is C29H40N2. The Morgan fingerprint density at radius 1 is 1.23 bits per heavy atom. The van der Waals surface area contributed by atoms with Crippen molar-refractivity contribution in [2.24, 2.45) is 16.6 Å². The second kappa shape index (κ2) is 15.9. The van der Waals surface area contributed by atoms with Crippen LogP contribution in [0.15, 0.2) is 113 Å². The lowest BCUT2D eigenvalue weighted by Crippen LogP contribution is -2.13. The zero-order valence-corrected chi connectivity index (χ0v) is 19.7. The highest BCUT2D eigenvalue weighted by Gasteiger charge is 2.09. The summed E-state index contributed by atoms with van der Waals surface area (Å²) in [5.41, 5.74) is 11.9. The number of allylic oxidation sites excluding steroid dienone is 14. The van der Waals surface area contributed by atoms with Crippen LogP contribution in [0.5, 0.6) is 0 Å². The van der Waals surface area contributed by atoms with Gasteiger partial charge in [0, 0.05) is 23.7 Å². The van der Waals surface area contributed by atoms with Gasteiger partial charge in [0.1, 0.15) is 0 Å². The Bertz CT molecular complexity index is 823. The van der Waals surface area contributed by atoms with Gasteiger partial charge in [-0.15, -0.1) is 6.58 Å². The van der Waals surface area contributed by atoms with E-state index in [9.17, 15) is 0 Å². The highest BCUT2D eigenvalue weighted by Crippen LogP contribution is 2.18. The quantitative estimate of drug-likeness (QED) is 0.197. The van der Waals surface area contributed by atoms with E-state index < -0.39 is 0 Å². The third-order valence-corrected chi connectivity index (χ3v) is 5.10. The van der Waals surface area contributed by atoms with Gasteiger partial charge in [0.2, 0.25) is 0 Å². The van der Waals surface area contributed by atoms with E-state index in [4.69, 9.17) is 10.7 Å². The summed E-state index contributed by atoms with van der Waals surface area (Å²) in [5, 5.41) is 0. The molecule has 0 saturated carbocycles. The molecule has 0 aromatic rings. The Hall–Kier alpha value is -2.87. The molecule has 0 aliphatic heterocycles. The highest BCUT2D eigenvalue weighted by molar-refractivity contribution is 5.97. The zero-order chi connectivity index (χ0) is 22.9. The molecule has 31 heavy (non-hydrogen) atoms. The summed E-state index contributed by atoms with van der Waals surface area (Å²) in [4.78, 5) is 4.95. The predicted octanol–water partition coefficient (Wildman–Crippen LogP) is 7.73. The van der Waals surface area contributed by atoms with Gasteiger partial charge in [-0.3, -0.25) is 4.99 Å². The van der Waals surface area contributed by atoms with E-state index in [0.717, 1.165) is 42.7 Å². The third-order valence-electron chi connectivity index (χ3n) is 5.10. The fraction of sp³-hybridized carbons (Fsp3) is 0.345. The minimum absolute atomic E-state index is 0.191. The van der Waals surface area contributed by atoms with E-state index in [1.54, 1.807) is 0 Å². The molecule has 1 atom stereocenters. The maximum Gasteiger partial charge on any atom is 0.0606 e. The molecule has 0 heterocycles. The summed E-state index contributed by atoms with van der Waals surface area (Å²) in [7, 11) is 0. The van der Waals surface area contributed by atoms with Crippen LogP contribution >= 0.6 is 0 Å². The summed E-state index contributed by atoms with van der Waals surface area (Å²) < 4.78 is 0. The van der Waals surface area contributed by atoms with Crippen molar-refractivity contribution in [2.75, 3.05) is 6.54 Å². The van der Waals surface area contributed by atoms with Crippen LogP contribution in [0.25, 0.3) is 0 Å². The first-order chi connectivity index (χ1) is 15.0. The number of nitrogens with two attached hydrogens (primary N) is 1. The number of hydrogen-bond acceptors (Lipinski definition) is 2. The topological polar surface area (TPSA) is 38.4 Å². The SMILES string of the molecule is C=CCCC(/C=C\C)C(N)=CC(CC(=C)/C=C\C(C)=C/C)=NC/C1=C/C/C=C\C=C/C1. The molecule has 0 aromatic heterocycles. The second-order valence-corrected chi connectivity index (χ2v) is 7.81. The van der Waals surface area contributed by atoms with Gasteiger partial charge >= 0.3 is 0 Å². The summed E-state index contributed by atoms with van der Waals surface area (Å²) in [6, 6.07) is 0. The van der Waals surface area contributed by atoms with Gasteiger partial charge in [0.15, 0.2) is 0 Å². The molecule has 1 unspecified atom stereocenters. The molecule has 166 valence electrons. The van der Waals surface area contributed by atoms with Gasteiger partial charge in [-0.25, -0.2) is 0 Å². The van der Waals surface area contributed by atoms with Gasteiger partial charge in [-0.05, 0) is 63.7 Å². The van der Waals surface area contributed by atoms with E-state index in [-0.39, 0.29) is 5.92 Å². The number of rotatable bonds is 12. The standard InChI is InChI=1S/C29H40N2/c1-6-9-18-27(15-7-2)29(30)22-28(21-25(5)20-19-24(4)8-3)31-23-26-16-13-11-10-12-14-17-26/h6-8,10-13,15,17,19-20,22,27H,1,5,9,14,16,18,21,23,30H2,2-4H3/b12-10-,13-11-,15-7-,20-19-,24-8-,26-17+,29-22?,31-28?. The highest BCUT2D eigenvalue weighted by atomic mass is 14.7. The third kappa shape index (κ3) is 11.8.